The molecule has 1 saturated carbocycles. The van der Waals surface area contributed by atoms with E-state index in [0.717, 1.165) is 25.7 Å². The number of hydrogen-bond acceptors (Lipinski definition) is 3. The minimum atomic E-state index is -0.301. The number of carbonyl (C=O) groups is 2. The predicted molar refractivity (Wildman–Crippen MR) is 65.4 cm³/mol. The second-order valence-electron chi connectivity index (χ2n) is 5.23. The van der Waals surface area contributed by atoms with Gasteiger partial charge in [-0.1, -0.05) is 13.8 Å². The summed E-state index contributed by atoms with van der Waals surface area (Å²) in [7, 11) is 1.66. The smallest absolute Gasteiger partial charge is 0.325 e. The molecule has 1 fully saturated rings. The van der Waals surface area contributed by atoms with Crippen LogP contribution in [0.4, 0.5) is 0 Å². The Bertz CT molecular complexity index is 272. The Kier molecular flexibility index (Phi) is 5.45. The van der Waals surface area contributed by atoms with Crippen molar-refractivity contribution in [1.82, 2.24) is 4.90 Å². The van der Waals surface area contributed by atoms with Crippen molar-refractivity contribution in [3.05, 3.63) is 0 Å². The van der Waals surface area contributed by atoms with E-state index in [4.69, 9.17) is 4.74 Å². The maximum Gasteiger partial charge on any atom is 0.325 e. The molecule has 98 valence electrons. The van der Waals surface area contributed by atoms with E-state index < -0.39 is 0 Å². The third-order valence-electron chi connectivity index (χ3n) is 2.86. The molecule has 0 bridgehead atoms. The molecule has 1 aliphatic rings. The molecule has 0 aromatic heterocycles. The summed E-state index contributed by atoms with van der Waals surface area (Å²) in [4.78, 5) is 24.5. The van der Waals surface area contributed by atoms with Crippen LogP contribution in [0.25, 0.3) is 0 Å². The molecular formula is C13H23NO3. The first-order valence-corrected chi connectivity index (χ1v) is 6.41. The maximum atomic E-state index is 11.6. The molecule has 17 heavy (non-hydrogen) atoms. The number of likely N-dealkylation sites (N-methyl/N-ethyl adjacent to an activating group) is 1. The Labute approximate surface area is 103 Å². The first-order chi connectivity index (χ1) is 8.00. The van der Waals surface area contributed by atoms with Crippen molar-refractivity contribution in [3.63, 3.8) is 0 Å². The number of ether oxygens (including phenoxy) is 1. The first-order valence-electron chi connectivity index (χ1n) is 6.41. The highest BCUT2D eigenvalue weighted by Crippen LogP contribution is 2.30. The summed E-state index contributed by atoms with van der Waals surface area (Å²) < 4.78 is 5.08. The van der Waals surface area contributed by atoms with Crippen LogP contribution in [0.2, 0.25) is 0 Å². The van der Waals surface area contributed by atoms with Crippen LogP contribution in [0.3, 0.4) is 0 Å². The summed E-state index contributed by atoms with van der Waals surface area (Å²) in [6.45, 7) is 4.83. The van der Waals surface area contributed by atoms with Gasteiger partial charge >= 0.3 is 5.97 Å². The summed E-state index contributed by atoms with van der Waals surface area (Å²) in [5.74, 6) is 0.566. The van der Waals surface area contributed by atoms with Crippen molar-refractivity contribution in [2.45, 2.75) is 39.5 Å². The molecule has 0 spiro atoms. The van der Waals surface area contributed by atoms with Gasteiger partial charge in [0.2, 0.25) is 5.91 Å². The fourth-order valence-electron chi connectivity index (χ4n) is 1.64. The number of amides is 1. The molecule has 0 aromatic carbocycles. The van der Waals surface area contributed by atoms with Gasteiger partial charge < -0.3 is 9.64 Å². The van der Waals surface area contributed by atoms with E-state index in [0.29, 0.717) is 12.5 Å². The van der Waals surface area contributed by atoms with Gasteiger partial charge in [0.15, 0.2) is 0 Å². The van der Waals surface area contributed by atoms with Crippen molar-refractivity contribution in [3.8, 4) is 0 Å². The van der Waals surface area contributed by atoms with Crippen LogP contribution in [0.1, 0.15) is 39.5 Å². The number of nitrogens with zero attached hydrogens (tertiary/aromatic N) is 1. The average molecular weight is 241 g/mol. The second kappa shape index (κ2) is 6.62. The van der Waals surface area contributed by atoms with E-state index in [1.54, 1.807) is 7.05 Å². The molecule has 0 unspecified atom stereocenters. The van der Waals surface area contributed by atoms with Gasteiger partial charge in [-0.2, -0.15) is 0 Å². The molecule has 0 aromatic rings. The minimum Gasteiger partial charge on any atom is -0.464 e. The monoisotopic (exact) mass is 241 g/mol. The maximum absolute atomic E-state index is 11.6. The van der Waals surface area contributed by atoms with Crippen LogP contribution in [0.15, 0.2) is 0 Å². The van der Waals surface area contributed by atoms with Crippen LogP contribution in [0.5, 0.6) is 0 Å². The van der Waals surface area contributed by atoms with Gasteiger partial charge in [0, 0.05) is 13.0 Å². The Hall–Kier alpha value is -1.06. The quantitative estimate of drug-likeness (QED) is 0.504. The van der Waals surface area contributed by atoms with Crippen LogP contribution in [-0.2, 0) is 14.3 Å². The Morgan fingerprint density at radius 2 is 2.00 bits per heavy atom. The summed E-state index contributed by atoms with van der Waals surface area (Å²) >= 11 is 0. The zero-order valence-corrected chi connectivity index (χ0v) is 11.1. The lowest BCUT2D eigenvalue weighted by Gasteiger charge is -2.16. The van der Waals surface area contributed by atoms with E-state index in [9.17, 15) is 9.59 Å². The van der Waals surface area contributed by atoms with Crippen molar-refractivity contribution in [2.75, 3.05) is 20.2 Å². The third kappa shape index (κ3) is 5.71. The highest BCUT2D eigenvalue weighted by molar-refractivity contribution is 5.84. The van der Waals surface area contributed by atoms with Gasteiger partial charge in [0.05, 0.1) is 6.61 Å². The van der Waals surface area contributed by atoms with E-state index in [1.165, 1.54) is 4.90 Å². The standard InChI is InChI=1S/C13H23NO3/c1-10(2)5-4-8-17-12(15)9-14(3)13(16)11-6-7-11/h10-11H,4-9H2,1-3H3. The van der Waals surface area contributed by atoms with Gasteiger partial charge in [-0.15, -0.1) is 0 Å². The summed E-state index contributed by atoms with van der Waals surface area (Å²) in [5, 5.41) is 0. The Balaban J connectivity index is 2.09. The summed E-state index contributed by atoms with van der Waals surface area (Å²) in [5.41, 5.74) is 0. The van der Waals surface area contributed by atoms with E-state index >= 15 is 0 Å². The molecule has 1 rings (SSSR count). The van der Waals surface area contributed by atoms with Crippen LogP contribution < -0.4 is 0 Å². The van der Waals surface area contributed by atoms with Gasteiger partial charge in [0.1, 0.15) is 6.54 Å². The third-order valence-corrected chi connectivity index (χ3v) is 2.86. The second-order valence-corrected chi connectivity index (χ2v) is 5.23. The van der Waals surface area contributed by atoms with Crippen molar-refractivity contribution in [2.24, 2.45) is 11.8 Å². The Morgan fingerprint density at radius 1 is 1.35 bits per heavy atom. The van der Waals surface area contributed by atoms with Crippen molar-refractivity contribution < 1.29 is 14.3 Å². The van der Waals surface area contributed by atoms with Gasteiger partial charge in [-0.3, -0.25) is 9.59 Å². The largest absolute Gasteiger partial charge is 0.464 e. The lowest BCUT2D eigenvalue weighted by molar-refractivity contribution is -0.149. The molecule has 4 heteroatoms. The van der Waals surface area contributed by atoms with Gasteiger partial charge in [0.25, 0.3) is 0 Å². The summed E-state index contributed by atoms with van der Waals surface area (Å²) in [6, 6.07) is 0. The first kappa shape index (κ1) is 14.0. The van der Waals surface area contributed by atoms with E-state index in [-0.39, 0.29) is 24.3 Å². The minimum absolute atomic E-state index is 0.0733. The van der Waals surface area contributed by atoms with Gasteiger partial charge in [-0.25, -0.2) is 0 Å². The van der Waals surface area contributed by atoms with Crippen LogP contribution in [-0.4, -0.2) is 37.0 Å². The molecule has 0 heterocycles. The van der Waals surface area contributed by atoms with Crippen molar-refractivity contribution in [1.29, 1.82) is 0 Å². The average Bonchev–Trinajstić information content (AvgIpc) is 3.06. The van der Waals surface area contributed by atoms with E-state index in [1.807, 2.05) is 0 Å². The van der Waals surface area contributed by atoms with Crippen LogP contribution >= 0.6 is 0 Å². The lowest BCUT2D eigenvalue weighted by atomic mass is 10.1. The fraction of sp³-hybridized carbons (Fsp3) is 0.846. The number of rotatable bonds is 7. The molecule has 0 aliphatic heterocycles. The Morgan fingerprint density at radius 3 is 2.53 bits per heavy atom. The SMILES string of the molecule is CC(C)CCCOC(=O)CN(C)C(=O)C1CC1. The van der Waals surface area contributed by atoms with Gasteiger partial charge in [-0.05, 0) is 31.6 Å². The molecule has 0 N–H and O–H groups in total. The molecular weight excluding hydrogens is 218 g/mol. The molecule has 0 saturated heterocycles. The lowest BCUT2D eigenvalue weighted by Crippen LogP contribution is -2.34. The molecule has 1 amide bonds. The normalized spacial score (nSPS) is 14.8. The number of esters is 1. The highest BCUT2D eigenvalue weighted by Gasteiger charge is 2.32. The highest BCUT2D eigenvalue weighted by atomic mass is 16.5. The molecule has 1 aliphatic carbocycles. The predicted octanol–water partition coefficient (Wildman–Crippen LogP) is 1.83. The topological polar surface area (TPSA) is 46.6 Å². The fourth-order valence-corrected chi connectivity index (χ4v) is 1.64. The zero-order valence-electron chi connectivity index (χ0n) is 11.1. The zero-order chi connectivity index (χ0) is 12.8. The molecule has 0 atom stereocenters. The number of hydrogen-bond donors (Lipinski definition) is 0. The number of carbonyl (C=O) groups excluding carboxylic acids is 2. The summed E-state index contributed by atoms with van der Waals surface area (Å²) in [6.07, 6.45) is 3.88. The molecule has 4 nitrogen and oxygen atoms in total. The molecule has 0 radical (unpaired) electrons. The van der Waals surface area contributed by atoms with Crippen LogP contribution in [0, 0.1) is 11.8 Å². The van der Waals surface area contributed by atoms with Crippen molar-refractivity contribution >= 4 is 11.9 Å². The van der Waals surface area contributed by atoms with E-state index in [2.05, 4.69) is 13.8 Å².